The van der Waals surface area contributed by atoms with Crippen LogP contribution in [0.25, 0.3) is 0 Å². The smallest absolute Gasteiger partial charge is 0.184 e. The van der Waals surface area contributed by atoms with E-state index in [2.05, 4.69) is 12.1 Å². The van der Waals surface area contributed by atoms with Gasteiger partial charge in [-0.05, 0) is 30.5 Å². The summed E-state index contributed by atoms with van der Waals surface area (Å²) in [6.45, 7) is 0.288. The maximum atomic E-state index is 10.1. The third-order valence-corrected chi connectivity index (χ3v) is 4.09. The molecule has 1 fully saturated rings. The molecular weight excluding hydrogens is 292 g/mol. The summed E-state index contributed by atoms with van der Waals surface area (Å²) in [5.74, 6) is 0.797. The third kappa shape index (κ3) is 4.10. The van der Waals surface area contributed by atoms with Gasteiger partial charge in [-0.2, -0.15) is 0 Å². The quantitative estimate of drug-likeness (QED) is 0.921. The Labute approximate surface area is 136 Å². The summed E-state index contributed by atoms with van der Waals surface area (Å²) in [5, 5.41) is 10.1. The predicted octanol–water partition coefficient (Wildman–Crippen LogP) is 3.10. The lowest BCUT2D eigenvalue weighted by Crippen LogP contribution is -2.40. The monoisotopic (exact) mass is 314 g/mol. The van der Waals surface area contributed by atoms with Gasteiger partial charge >= 0.3 is 0 Å². The highest BCUT2D eigenvalue weighted by atomic mass is 16.7. The van der Waals surface area contributed by atoms with Crippen molar-refractivity contribution in [3.05, 3.63) is 65.7 Å². The number of methoxy groups -OCH3 is 1. The molecule has 0 aliphatic carbocycles. The zero-order valence-electron chi connectivity index (χ0n) is 13.2. The SMILES string of the molecule is COc1ccc(C2OC[C@@H](O)[C@@H](CCc3ccccc3)O2)cc1. The molecule has 1 unspecified atom stereocenters. The van der Waals surface area contributed by atoms with Gasteiger partial charge in [-0.1, -0.05) is 42.5 Å². The molecule has 3 atom stereocenters. The van der Waals surface area contributed by atoms with Crippen LogP contribution in [0.4, 0.5) is 0 Å². The number of aliphatic hydroxyl groups excluding tert-OH is 1. The molecule has 1 heterocycles. The first kappa shape index (κ1) is 16.0. The number of hydrogen-bond donors (Lipinski definition) is 1. The normalized spacial score (nSPS) is 24.3. The molecule has 0 saturated carbocycles. The zero-order valence-corrected chi connectivity index (χ0v) is 13.2. The lowest BCUT2D eigenvalue weighted by atomic mass is 10.0. The number of aliphatic hydroxyl groups is 1. The number of rotatable bonds is 5. The first-order valence-corrected chi connectivity index (χ1v) is 7.89. The molecule has 1 aliphatic heterocycles. The first-order valence-electron chi connectivity index (χ1n) is 7.89. The summed E-state index contributed by atoms with van der Waals surface area (Å²) < 4.78 is 16.7. The van der Waals surface area contributed by atoms with E-state index in [1.807, 2.05) is 42.5 Å². The van der Waals surface area contributed by atoms with Gasteiger partial charge in [0.05, 0.1) is 19.8 Å². The average Bonchev–Trinajstić information content (AvgIpc) is 2.62. The van der Waals surface area contributed by atoms with Gasteiger partial charge in [0.1, 0.15) is 11.9 Å². The second kappa shape index (κ2) is 7.59. The van der Waals surface area contributed by atoms with Gasteiger partial charge in [0.15, 0.2) is 6.29 Å². The van der Waals surface area contributed by atoms with Gasteiger partial charge in [0, 0.05) is 5.56 Å². The van der Waals surface area contributed by atoms with Crippen molar-refractivity contribution in [3.8, 4) is 5.75 Å². The predicted molar refractivity (Wildman–Crippen MR) is 87.3 cm³/mol. The molecule has 2 aromatic rings. The van der Waals surface area contributed by atoms with Crippen LogP contribution >= 0.6 is 0 Å². The van der Waals surface area contributed by atoms with Crippen LogP contribution in [-0.2, 0) is 15.9 Å². The van der Waals surface area contributed by atoms with E-state index in [1.54, 1.807) is 7.11 Å². The van der Waals surface area contributed by atoms with E-state index in [4.69, 9.17) is 14.2 Å². The van der Waals surface area contributed by atoms with Gasteiger partial charge < -0.3 is 19.3 Å². The zero-order chi connectivity index (χ0) is 16.1. The Morgan fingerprint density at radius 1 is 1.09 bits per heavy atom. The molecule has 3 rings (SSSR count). The molecule has 0 spiro atoms. The summed E-state index contributed by atoms with van der Waals surface area (Å²) in [6.07, 6.45) is 0.383. The van der Waals surface area contributed by atoms with Gasteiger partial charge in [-0.3, -0.25) is 0 Å². The van der Waals surface area contributed by atoms with E-state index in [1.165, 1.54) is 5.56 Å². The Morgan fingerprint density at radius 3 is 2.52 bits per heavy atom. The molecule has 0 bridgehead atoms. The van der Waals surface area contributed by atoms with Crippen molar-refractivity contribution in [1.29, 1.82) is 0 Å². The first-order chi connectivity index (χ1) is 11.3. The fraction of sp³-hybridized carbons (Fsp3) is 0.368. The standard InChI is InChI=1S/C19H22O4/c1-21-16-10-8-15(9-11-16)19-22-13-17(20)18(23-19)12-7-14-5-3-2-4-6-14/h2-6,8-11,17-20H,7,12-13H2,1H3/t17-,18-,19?/m1/s1. The lowest BCUT2D eigenvalue weighted by molar-refractivity contribution is -0.257. The molecule has 122 valence electrons. The highest BCUT2D eigenvalue weighted by molar-refractivity contribution is 5.28. The van der Waals surface area contributed by atoms with Crippen LogP contribution in [0.2, 0.25) is 0 Å². The summed E-state index contributed by atoms with van der Waals surface area (Å²) in [6, 6.07) is 17.8. The number of aryl methyl sites for hydroxylation is 1. The Bertz CT molecular complexity index is 597. The molecule has 4 nitrogen and oxygen atoms in total. The third-order valence-electron chi connectivity index (χ3n) is 4.09. The van der Waals surface area contributed by atoms with E-state index < -0.39 is 12.4 Å². The summed E-state index contributed by atoms with van der Waals surface area (Å²) >= 11 is 0. The molecule has 4 heteroatoms. The maximum Gasteiger partial charge on any atom is 0.184 e. The molecule has 2 aromatic carbocycles. The van der Waals surface area contributed by atoms with Crippen molar-refractivity contribution >= 4 is 0 Å². The van der Waals surface area contributed by atoms with E-state index in [9.17, 15) is 5.11 Å². The molecular formula is C19H22O4. The van der Waals surface area contributed by atoms with Gasteiger partial charge in [-0.25, -0.2) is 0 Å². The van der Waals surface area contributed by atoms with Crippen LogP contribution in [0.3, 0.4) is 0 Å². The fourth-order valence-electron chi connectivity index (χ4n) is 2.73. The Morgan fingerprint density at radius 2 is 1.83 bits per heavy atom. The Hall–Kier alpha value is -1.88. The van der Waals surface area contributed by atoms with Crippen LogP contribution in [0.1, 0.15) is 23.8 Å². The topological polar surface area (TPSA) is 47.9 Å². The van der Waals surface area contributed by atoms with E-state index in [0.29, 0.717) is 0 Å². The van der Waals surface area contributed by atoms with Crippen molar-refractivity contribution in [1.82, 2.24) is 0 Å². The van der Waals surface area contributed by atoms with Crippen LogP contribution in [0.5, 0.6) is 5.75 Å². The van der Waals surface area contributed by atoms with E-state index in [-0.39, 0.29) is 12.7 Å². The average molecular weight is 314 g/mol. The number of ether oxygens (including phenoxy) is 3. The molecule has 0 amide bonds. The Balaban J connectivity index is 1.61. The minimum atomic E-state index is -0.590. The van der Waals surface area contributed by atoms with Crippen LogP contribution < -0.4 is 4.74 Å². The summed E-state index contributed by atoms with van der Waals surface area (Å²) in [4.78, 5) is 0. The molecule has 1 aliphatic rings. The van der Waals surface area contributed by atoms with Crippen LogP contribution in [-0.4, -0.2) is 31.0 Å². The highest BCUT2D eigenvalue weighted by Crippen LogP contribution is 2.29. The minimum absolute atomic E-state index is 0.226. The number of hydrogen-bond acceptors (Lipinski definition) is 4. The molecule has 23 heavy (non-hydrogen) atoms. The maximum absolute atomic E-state index is 10.1. The lowest BCUT2D eigenvalue weighted by Gasteiger charge is -2.34. The number of benzene rings is 2. The van der Waals surface area contributed by atoms with Crippen molar-refractivity contribution in [2.45, 2.75) is 31.3 Å². The van der Waals surface area contributed by atoms with E-state index >= 15 is 0 Å². The largest absolute Gasteiger partial charge is 0.497 e. The highest BCUT2D eigenvalue weighted by Gasteiger charge is 2.31. The van der Waals surface area contributed by atoms with Crippen molar-refractivity contribution in [2.75, 3.05) is 13.7 Å². The summed E-state index contributed by atoms with van der Waals surface area (Å²) in [7, 11) is 1.64. The van der Waals surface area contributed by atoms with Crippen LogP contribution in [0, 0.1) is 0 Å². The second-order valence-corrected chi connectivity index (χ2v) is 5.70. The van der Waals surface area contributed by atoms with Gasteiger partial charge in [0.2, 0.25) is 0 Å². The molecule has 1 N–H and O–H groups in total. The van der Waals surface area contributed by atoms with Crippen molar-refractivity contribution in [2.24, 2.45) is 0 Å². The molecule has 0 radical (unpaired) electrons. The Kier molecular flexibility index (Phi) is 5.28. The molecule has 1 saturated heterocycles. The fourth-order valence-corrected chi connectivity index (χ4v) is 2.73. The van der Waals surface area contributed by atoms with Crippen LogP contribution in [0.15, 0.2) is 54.6 Å². The summed E-state index contributed by atoms with van der Waals surface area (Å²) in [5.41, 5.74) is 2.18. The van der Waals surface area contributed by atoms with Gasteiger partial charge in [-0.15, -0.1) is 0 Å². The minimum Gasteiger partial charge on any atom is -0.497 e. The van der Waals surface area contributed by atoms with Crippen molar-refractivity contribution in [3.63, 3.8) is 0 Å². The van der Waals surface area contributed by atoms with E-state index in [0.717, 1.165) is 24.2 Å². The van der Waals surface area contributed by atoms with Crippen molar-refractivity contribution < 1.29 is 19.3 Å². The second-order valence-electron chi connectivity index (χ2n) is 5.70. The molecule has 0 aromatic heterocycles. The van der Waals surface area contributed by atoms with Gasteiger partial charge in [0.25, 0.3) is 0 Å².